The molecule has 0 N–H and O–H groups in total. The van der Waals surface area contributed by atoms with Crippen molar-refractivity contribution in [1.29, 1.82) is 0 Å². The summed E-state index contributed by atoms with van der Waals surface area (Å²) in [5.74, 6) is -5.98. The number of hydrogen-bond acceptors (Lipinski definition) is 12. The molecule has 0 rings (SSSR count). The van der Waals surface area contributed by atoms with E-state index >= 15 is 0 Å². The van der Waals surface area contributed by atoms with Crippen LogP contribution in [-0.2, 0) is 60.1 Å². The van der Waals surface area contributed by atoms with Gasteiger partial charge in [-0.05, 0) is 25.7 Å². The van der Waals surface area contributed by atoms with E-state index in [0.717, 1.165) is 77.0 Å². The van der Waals surface area contributed by atoms with Gasteiger partial charge >= 0.3 is 21.7 Å². The molecule has 0 aliphatic rings. The molecule has 0 heterocycles. The molecule has 12 nitrogen and oxygen atoms in total. The van der Waals surface area contributed by atoms with Crippen LogP contribution < -0.4 is 20.4 Å². The summed E-state index contributed by atoms with van der Waals surface area (Å²) in [7, 11) is 0. The second kappa shape index (κ2) is 39.3. The number of carbonyl (C=O) groups is 8. The van der Waals surface area contributed by atoms with E-state index in [1.165, 1.54) is 0 Å². The number of Topliss-reactive ketones (excluding diaryl/α,β-unsaturated/α-hetero) is 4. The van der Waals surface area contributed by atoms with Gasteiger partial charge in [-0.25, -0.2) is 0 Å². The first-order valence-corrected chi connectivity index (χ1v) is 15.5. The zero-order valence-corrected chi connectivity index (χ0v) is 29.1. The van der Waals surface area contributed by atoms with Crippen LogP contribution in [-0.4, -0.2) is 47.0 Å². The van der Waals surface area contributed by atoms with E-state index in [4.69, 9.17) is 0 Å². The fourth-order valence-electron chi connectivity index (χ4n) is 3.29. The third-order valence-electron chi connectivity index (χ3n) is 5.60. The van der Waals surface area contributed by atoms with Crippen molar-refractivity contribution in [1.82, 2.24) is 0 Å². The molecule has 256 valence electrons. The predicted molar refractivity (Wildman–Crippen MR) is 155 cm³/mol. The van der Waals surface area contributed by atoms with Crippen molar-refractivity contribution < 1.29 is 80.5 Å². The zero-order valence-electron chi connectivity index (χ0n) is 27.5. The Labute approximate surface area is 283 Å². The van der Waals surface area contributed by atoms with Gasteiger partial charge in [0.1, 0.15) is 23.1 Å². The molecule has 0 amide bonds. The summed E-state index contributed by atoms with van der Waals surface area (Å²) >= 11 is 0. The zero-order chi connectivity index (χ0) is 34.8. The van der Waals surface area contributed by atoms with Crippen LogP contribution in [0.4, 0.5) is 0 Å². The Morgan fingerprint density at radius 1 is 0.333 bits per heavy atom. The van der Waals surface area contributed by atoms with Crippen molar-refractivity contribution in [3.63, 3.8) is 0 Å². The van der Waals surface area contributed by atoms with Crippen LogP contribution in [0.15, 0.2) is 0 Å². The molecule has 0 saturated heterocycles. The predicted octanol–water partition coefficient (Wildman–Crippen LogP) is 1.10. The van der Waals surface area contributed by atoms with Crippen molar-refractivity contribution in [3.05, 3.63) is 0 Å². The van der Waals surface area contributed by atoms with Crippen LogP contribution in [0.2, 0.25) is 0 Å². The Balaban J connectivity index is -0.000000157. The molecule has 0 fully saturated rings. The maximum absolute atomic E-state index is 10.7. The van der Waals surface area contributed by atoms with Gasteiger partial charge in [0.25, 0.3) is 0 Å². The molecule has 0 atom stereocenters. The van der Waals surface area contributed by atoms with Crippen LogP contribution in [0.1, 0.15) is 156 Å². The summed E-state index contributed by atoms with van der Waals surface area (Å²) in [6.45, 7) is 8.12. The van der Waals surface area contributed by atoms with Crippen molar-refractivity contribution in [2.24, 2.45) is 0 Å². The third kappa shape index (κ3) is 57.5. The summed E-state index contributed by atoms with van der Waals surface area (Å²) in [4.78, 5) is 82.5. The second-order valence-electron chi connectivity index (χ2n) is 10.2. The van der Waals surface area contributed by atoms with Crippen molar-refractivity contribution in [3.8, 4) is 0 Å². The van der Waals surface area contributed by atoms with Crippen LogP contribution in [0, 0.1) is 0 Å². The average molecular weight is 677 g/mol. The second-order valence-corrected chi connectivity index (χ2v) is 10.2. The Morgan fingerprint density at radius 2 is 0.489 bits per heavy atom. The van der Waals surface area contributed by atoms with E-state index in [0.29, 0.717) is 25.7 Å². The Kier molecular flexibility index (Phi) is 45.3. The fourth-order valence-corrected chi connectivity index (χ4v) is 3.29. The minimum absolute atomic E-state index is 0. The molecule has 0 aromatic rings. The quantitative estimate of drug-likeness (QED) is 0.0795. The first kappa shape index (κ1) is 51.8. The van der Waals surface area contributed by atoms with Crippen LogP contribution in [0.25, 0.3) is 0 Å². The van der Waals surface area contributed by atoms with Gasteiger partial charge in [-0.1, -0.05) is 79.1 Å². The summed E-state index contributed by atoms with van der Waals surface area (Å²) in [6.07, 6.45) is 11.1. The molecule has 0 aliphatic carbocycles. The summed E-state index contributed by atoms with van der Waals surface area (Å²) in [5.41, 5.74) is 0. The normalized spacial score (nSPS) is 9.33. The standard InChI is InChI=1S/4C8H14O3.Ti/c4*1-2-3-4-5-7(9)6-8(10)11;/h4*2-6H2,1H3,(H,10,11);/q;;;;+4/p-4. The minimum Gasteiger partial charge on any atom is -0.550 e. The van der Waals surface area contributed by atoms with Gasteiger partial charge in [-0.2, -0.15) is 0 Å². The third-order valence-corrected chi connectivity index (χ3v) is 5.60. The van der Waals surface area contributed by atoms with Crippen LogP contribution in [0.5, 0.6) is 0 Å². The average Bonchev–Trinajstić information content (AvgIpc) is 2.89. The maximum atomic E-state index is 10.7. The van der Waals surface area contributed by atoms with Gasteiger partial charge in [0.15, 0.2) is 0 Å². The topological polar surface area (TPSA) is 229 Å². The van der Waals surface area contributed by atoms with Gasteiger partial charge < -0.3 is 39.6 Å². The largest absolute Gasteiger partial charge is 4.00 e. The van der Waals surface area contributed by atoms with Crippen molar-refractivity contribution >= 4 is 47.0 Å². The number of carboxylic acids is 4. The van der Waals surface area contributed by atoms with E-state index in [-0.39, 0.29) is 44.9 Å². The van der Waals surface area contributed by atoms with Crippen LogP contribution in [0.3, 0.4) is 0 Å². The van der Waals surface area contributed by atoms with Crippen LogP contribution >= 0.6 is 0 Å². The van der Waals surface area contributed by atoms with Gasteiger partial charge in [0, 0.05) is 75.2 Å². The Hall–Kier alpha value is -2.73. The van der Waals surface area contributed by atoms with Crippen molar-refractivity contribution in [2.75, 3.05) is 0 Å². The van der Waals surface area contributed by atoms with Gasteiger partial charge in [0.2, 0.25) is 0 Å². The molecule has 0 aromatic carbocycles. The van der Waals surface area contributed by atoms with Gasteiger partial charge in [-0.15, -0.1) is 0 Å². The smallest absolute Gasteiger partial charge is 0.550 e. The number of hydrogen-bond donors (Lipinski definition) is 0. The number of carboxylic acid groups (broad SMARTS) is 4. The molecule has 0 radical (unpaired) electrons. The Bertz CT molecular complexity index is 704. The van der Waals surface area contributed by atoms with E-state index in [1.807, 2.05) is 27.7 Å². The van der Waals surface area contributed by atoms with E-state index in [9.17, 15) is 58.8 Å². The molecule has 45 heavy (non-hydrogen) atoms. The minimum atomic E-state index is -1.27. The maximum Gasteiger partial charge on any atom is 4.00 e. The van der Waals surface area contributed by atoms with Gasteiger partial charge in [-0.3, -0.25) is 19.2 Å². The summed E-state index contributed by atoms with van der Waals surface area (Å²) < 4.78 is 0. The molecule has 0 bridgehead atoms. The number of ketones is 4. The number of aliphatic carboxylic acids is 4. The first-order valence-electron chi connectivity index (χ1n) is 15.5. The molecular weight excluding hydrogens is 624 g/mol. The number of rotatable bonds is 24. The summed E-state index contributed by atoms with van der Waals surface area (Å²) in [6, 6.07) is 0. The number of unbranched alkanes of at least 4 members (excludes halogenated alkanes) is 8. The molecule has 0 spiro atoms. The Morgan fingerprint density at radius 3 is 0.600 bits per heavy atom. The molecule has 13 heteroatoms. The van der Waals surface area contributed by atoms with Gasteiger partial charge in [0.05, 0.1) is 0 Å². The first-order chi connectivity index (χ1) is 20.7. The SMILES string of the molecule is CCCCCC(=O)CC(=O)[O-].CCCCCC(=O)CC(=O)[O-].CCCCCC(=O)CC(=O)[O-].CCCCCC(=O)CC(=O)[O-].[Ti+4]. The molecule has 0 aromatic heterocycles. The summed E-state index contributed by atoms with van der Waals surface area (Å²) in [5, 5.41) is 39.6. The molecular formula is C32H52O12Ti. The molecule has 0 unspecified atom stereocenters. The fraction of sp³-hybridized carbons (Fsp3) is 0.750. The monoisotopic (exact) mass is 676 g/mol. The molecule has 0 aliphatic heterocycles. The van der Waals surface area contributed by atoms with E-state index in [1.54, 1.807) is 0 Å². The van der Waals surface area contributed by atoms with E-state index in [2.05, 4.69) is 0 Å². The molecule has 0 saturated carbocycles. The van der Waals surface area contributed by atoms with Crippen molar-refractivity contribution in [2.45, 2.75) is 156 Å². The number of carbonyl (C=O) groups excluding carboxylic acids is 8. The van der Waals surface area contributed by atoms with E-state index < -0.39 is 49.6 Å².